The second kappa shape index (κ2) is 8.35. The molecule has 1 saturated heterocycles. The summed E-state index contributed by atoms with van der Waals surface area (Å²) in [5.41, 5.74) is 10.9. The van der Waals surface area contributed by atoms with Gasteiger partial charge in [-0.05, 0) is 47.7 Å². The molecule has 5 rings (SSSR count). The van der Waals surface area contributed by atoms with E-state index < -0.39 is 0 Å². The number of imidazole rings is 1. The Balaban J connectivity index is 1.39. The molecule has 2 aliphatic rings. The number of hydrogen-bond acceptors (Lipinski definition) is 6. The monoisotopic (exact) mass is 449 g/mol. The van der Waals surface area contributed by atoms with Crippen molar-refractivity contribution in [3.05, 3.63) is 53.3 Å². The number of hydrogen-bond donors (Lipinski definition) is 3. The number of aromatic nitrogens is 2. The van der Waals surface area contributed by atoms with Crippen LogP contribution in [0.1, 0.15) is 42.9 Å². The third-order valence-electron chi connectivity index (χ3n) is 7.03. The zero-order chi connectivity index (χ0) is 23.3. The summed E-state index contributed by atoms with van der Waals surface area (Å²) in [5, 5.41) is 3.29. The summed E-state index contributed by atoms with van der Waals surface area (Å²) in [6.07, 6.45) is 0.789. The molecule has 2 heterocycles. The first kappa shape index (κ1) is 21.7. The normalized spacial score (nSPS) is 22.3. The highest BCUT2D eigenvalue weighted by atomic mass is 16.5. The number of ether oxygens (including phenoxy) is 2. The van der Waals surface area contributed by atoms with Crippen LogP contribution in [0.3, 0.4) is 0 Å². The van der Waals surface area contributed by atoms with Gasteiger partial charge in [-0.1, -0.05) is 26.0 Å². The minimum absolute atomic E-state index is 0.0208. The molecule has 0 radical (unpaired) electrons. The number of benzene rings is 2. The van der Waals surface area contributed by atoms with Gasteiger partial charge >= 0.3 is 0 Å². The average molecular weight is 450 g/mol. The fraction of sp³-hybridized carbons (Fsp3) is 0.440. The molecule has 2 aromatic carbocycles. The number of amides is 1. The van der Waals surface area contributed by atoms with E-state index in [1.807, 2.05) is 37.4 Å². The molecular formula is C25H31N5O3. The van der Waals surface area contributed by atoms with E-state index in [0.29, 0.717) is 11.5 Å². The Bertz CT molecular complexity index is 1200. The molecule has 33 heavy (non-hydrogen) atoms. The van der Waals surface area contributed by atoms with Gasteiger partial charge in [-0.2, -0.15) is 0 Å². The van der Waals surface area contributed by atoms with Crippen molar-refractivity contribution in [2.75, 3.05) is 14.2 Å². The number of rotatable bonds is 6. The Morgan fingerprint density at radius 1 is 1.15 bits per heavy atom. The summed E-state index contributed by atoms with van der Waals surface area (Å²) in [4.78, 5) is 18.3. The molecule has 3 N–H and O–H groups in total. The van der Waals surface area contributed by atoms with E-state index in [-0.39, 0.29) is 35.9 Å². The number of nitrogens with zero attached hydrogens (tertiary/aromatic N) is 2. The Hall–Kier alpha value is -3.10. The highest BCUT2D eigenvalue weighted by molar-refractivity contribution is 5.83. The maximum Gasteiger partial charge on any atom is 0.239 e. The predicted molar refractivity (Wildman–Crippen MR) is 126 cm³/mol. The number of carbonyl (C=O) groups excluding carboxylic acids is 1. The molecule has 3 aromatic rings. The lowest BCUT2D eigenvalue weighted by molar-refractivity contribution is -0.125. The van der Waals surface area contributed by atoms with Crippen molar-refractivity contribution in [2.45, 2.75) is 38.4 Å². The SMILES string of the molecule is COc1cc2c(cc1OC)C1NNC(C(=O)N[C@@H](c3nc4ccccc4n3C)C(C)C)C1C2. The second-order valence-corrected chi connectivity index (χ2v) is 9.27. The van der Waals surface area contributed by atoms with Crippen molar-refractivity contribution >= 4 is 16.9 Å². The topological polar surface area (TPSA) is 89.4 Å². The van der Waals surface area contributed by atoms with Crippen LogP contribution in [0.25, 0.3) is 11.0 Å². The first-order chi connectivity index (χ1) is 15.9. The van der Waals surface area contributed by atoms with Crippen molar-refractivity contribution < 1.29 is 14.3 Å². The molecule has 1 aromatic heterocycles. The van der Waals surface area contributed by atoms with Crippen LogP contribution >= 0.6 is 0 Å². The molecule has 0 saturated carbocycles. The Morgan fingerprint density at radius 3 is 2.58 bits per heavy atom. The molecule has 1 aliphatic heterocycles. The standard InChI is InChI=1S/C25H31N5O3/c1-13(2)21(24-26-17-8-6-7-9-18(17)30(24)3)27-25(31)23-16-10-14-11-19(32-4)20(33-5)12-15(14)22(16)28-29-23/h6-9,11-13,16,21-23,28-29H,10H2,1-5H3,(H,27,31)/t16?,21-,22?,23?/m1/s1. The van der Waals surface area contributed by atoms with Crippen LogP contribution in [-0.4, -0.2) is 35.7 Å². The third-order valence-corrected chi connectivity index (χ3v) is 7.03. The van der Waals surface area contributed by atoms with E-state index in [1.54, 1.807) is 14.2 Å². The van der Waals surface area contributed by atoms with Gasteiger partial charge in [-0.3, -0.25) is 4.79 Å². The maximum absolute atomic E-state index is 13.5. The van der Waals surface area contributed by atoms with E-state index in [4.69, 9.17) is 14.5 Å². The number of hydrazine groups is 1. The minimum atomic E-state index is -0.352. The number of methoxy groups -OCH3 is 2. The Morgan fingerprint density at radius 2 is 1.88 bits per heavy atom. The van der Waals surface area contributed by atoms with Crippen LogP contribution in [0.2, 0.25) is 0 Å². The van der Waals surface area contributed by atoms with Gasteiger partial charge in [0.05, 0.1) is 37.3 Å². The summed E-state index contributed by atoms with van der Waals surface area (Å²) in [5.74, 6) is 2.55. The van der Waals surface area contributed by atoms with E-state index in [1.165, 1.54) is 5.56 Å². The van der Waals surface area contributed by atoms with Gasteiger partial charge < -0.3 is 19.4 Å². The average Bonchev–Trinajstić information content (AvgIpc) is 3.48. The molecule has 8 nitrogen and oxygen atoms in total. The van der Waals surface area contributed by atoms with E-state index in [2.05, 4.69) is 40.6 Å². The molecule has 1 amide bonds. The quantitative estimate of drug-likeness (QED) is 0.536. The van der Waals surface area contributed by atoms with Gasteiger partial charge in [0.15, 0.2) is 11.5 Å². The molecule has 1 fully saturated rings. The molecule has 1 aliphatic carbocycles. The van der Waals surface area contributed by atoms with E-state index >= 15 is 0 Å². The third kappa shape index (κ3) is 3.54. The van der Waals surface area contributed by atoms with Gasteiger partial charge in [0.1, 0.15) is 11.9 Å². The zero-order valence-electron chi connectivity index (χ0n) is 19.7. The summed E-state index contributed by atoms with van der Waals surface area (Å²) in [7, 11) is 5.29. The lowest BCUT2D eigenvalue weighted by Crippen LogP contribution is -2.48. The van der Waals surface area contributed by atoms with Crippen LogP contribution in [-0.2, 0) is 18.3 Å². The van der Waals surface area contributed by atoms with Crippen molar-refractivity contribution in [2.24, 2.45) is 18.9 Å². The summed E-state index contributed by atoms with van der Waals surface area (Å²) in [6.45, 7) is 4.22. The van der Waals surface area contributed by atoms with Crippen LogP contribution < -0.4 is 25.6 Å². The minimum Gasteiger partial charge on any atom is -0.493 e. The van der Waals surface area contributed by atoms with Gasteiger partial charge in [0.2, 0.25) is 5.91 Å². The van der Waals surface area contributed by atoms with E-state index in [9.17, 15) is 4.79 Å². The fourth-order valence-electron chi connectivity index (χ4n) is 5.26. The van der Waals surface area contributed by atoms with Crippen LogP contribution in [0, 0.1) is 11.8 Å². The highest BCUT2D eigenvalue weighted by Gasteiger charge is 2.46. The molecule has 174 valence electrons. The van der Waals surface area contributed by atoms with Crippen LogP contribution in [0.15, 0.2) is 36.4 Å². The smallest absolute Gasteiger partial charge is 0.239 e. The molecule has 3 unspecified atom stereocenters. The molecule has 0 bridgehead atoms. The summed E-state index contributed by atoms with van der Waals surface area (Å²) < 4.78 is 13.0. The lowest BCUT2D eigenvalue weighted by Gasteiger charge is -2.25. The highest BCUT2D eigenvalue weighted by Crippen LogP contribution is 2.45. The first-order valence-electron chi connectivity index (χ1n) is 11.4. The first-order valence-corrected chi connectivity index (χ1v) is 11.4. The fourth-order valence-corrected chi connectivity index (χ4v) is 5.26. The number of aryl methyl sites for hydroxylation is 1. The number of carbonyl (C=O) groups is 1. The molecular weight excluding hydrogens is 418 g/mol. The Kier molecular flexibility index (Phi) is 5.50. The maximum atomic E-state index is 13.5. The lowest BCUT2D eigenvalue weighted by atomic mass is 9.93. The van der Waals surface area contributed by atoms with Crippen molar-refractivity contribution in [1.29, 1.82) is 0 Å². The van der Waals surface area contributed by atoms with Crippen molar-refractivity contribution in [3.8, 4) is 11.5 Å². The van der Waals surface area contributed by atoms with E-state index in [0.717, 1.165) is 28.8 Å². The molecule has 8 heteroatoms. The number of para-hydroxylation sites is 2. The largest absolute Gasteiger partial charge is 0.493 e. The second-order valence-electron chi connectivity index (χ2n) is 9.27. The summed E-state index contributed by atoms with van der Waals surface area (Å²) >= 11 is 0. The molecule has 0 spiro atoms. The van der Waals surface area contributed by atoms with Gasteiger partial charge in [-0.15, -0.1) is 0 Å². The zero-order valence-corrected chi connectivity index (χ0v) is 19.7. The van der Waals surface area contributed by atoms with Crippen LogP contribution in [0.4, 0.5) is 0 Å². The number of fused-ring (bicyclic) bond motifs is 4. The van der Waals surface area contributed by atoms with Gasteiger partial charge in [-0.25, -0.2) is 15.8 Å². The van der Waals surface area contributed by atoms with Crippen LogP contribution in [0.5, 0.6) is 11.5 Å². The van der Waals surface area contributed by atoms with Gasteiger partial charge in [0, 0.05) is 13.0 Å². The van der Waals surface area contributed by atoms with Crippen molar-refractivity contribution in [1.82, 2.24) is 25.7 Å². The number of nitrogens with one attached hydrogen (secondary N) is 3. The predicted octanol–water partition coefficient (Wildman–Crippen LogP) is 2.79. The Labute approximate surface area is 193 Å². The van der Waals surface area contributed by atoms with Crippen molar-refractivity contribution in [3.63, 3.8) is 0 Å². The molecule has 4 atom stereocenters. The summed E-state index contributed by atoms with van der Waals surface area (Å²) in [6, 6.07) is 11.6. The van der Waals surface area contributed by atoms with Gasteiger partial charge in [0.25, 0.3) is 0 Å².